The Hall–Kier alpha value is -2.12. The number of rotatable bonds is 8. The zero-order valence-electron chi connectivity index (χ0n) is 15.4. The van der Waals surface area contributed by atoms with E-state index in [0.29, 0.717) is 35.1 Å². The number of anilines is 1. The van der Waals surface area contributed by atoms with E-state index in [4.69, 9.17) is 17.0 Å². The second kappa shape index (κ2) is 10.9. The molecule has 0 unspecified atom stereocenters. The van der Waals surface area contributed by atoms with Gasteiger partial charge in [-0.2, -0.15) is 11.8 Å². The summed E-state index contributed by atoms with van der Waals surface area (Å²) in [6, 6.07) is 12.1. The maximum absolute atomic E-state index is 13.5. The summed E-state index contributed by atoms with van der Waals surface area (Å²) in [5.41, 5.74) is 2.96. The van der Waals surface area contributed by atoms with Crippen molar-refractivity contribution in [1.82, 2.24) is 5.32 Å². The Kier molecular flexibility index (Phi) is 8.54. The van der Waals surface area contributed by atoms with Crippen LogP contribution in [0.4, 0.5) is 10.1 Å². The number of ether oxygens (including phenoxy) is 1. The number of halogens is 1. The van der Waals surface area contributed by atoms with E-state index in [9.17, 15) is 9.18 Å². The third kappa shape index (κ3) is 6.84. The number of carbonyl (C=O) groups excluding carboxylic acids is 1. The molecule has 0 amide bonds. The van der Waals surface area contributed by atoms with Crippen LogP contribution in [0.25, 0.3) is 0 Å². The Morgan fingerprint density at radius 2 is 2.04 bits per heavy atom. The van der Waals surface area contributed by atoms with E-state index in [1.54, 1.807) is 43.0 Å². The van der Waals surface area contributed by atoms with Crippen LogP contribution in [0.1, 0.15) is 28.4 Å². The van der Waals surface area contributed by atoms with Gasteiger partial charge in [0.15, 0.2) is 5.11 Å². The molecule has 0 spiro atoms. The molecule has 0 atom stereocenters. The Labute approximate surface area is 168 Å². The summed E-state index contributed by atoms with van der Waals surface area (Å²) in [7, 11) is 0. The maximum atomic E-state index is 13.5. The molecule has 27 heavy (non-hydrogen) atoms. The van der Waals surface area contributed by atoms with E-state index in [0.717, 1.165) is 17.0 Å². The van der Waals surface area contributed by atoms with Gasteiger partial charge in [-0.05, 0) is 61.5 Å². The first-order valence-corrected chi connectivity index (χ1v) is 10.2. The largest absolute Gasteiger partial charge is 0.462 e. The van der Waals surface area contributed by atoms with Crippen LogP contribution in [0.3, 0.4) is 0 Å². The average molecular weight is 407 g/mol. The summed E-state index contributed by atoms with van der Waals surface area (Å²) in [6.07, 6.45) is 0. The number of thiocarbonyl (C=S) groups is 1. The number of aryl methyl sites for hydroxylation is 1. The van der Waals surface area contributed by atoms with Crippen LogP contribution in [0.2, 0.25) is 0 Å². The standard InChI is InChI=1S/C20H23FN2O2S2/c1-3-25-19(24)15-8-9-18(14(2)12-15)23-20(26)22-10-11-27-13-16-6-4-5-7-17(16)21/h4-9,12H,3,10-11,13H2,1-2H3,(H2,22,23,26). The highest BCUT2D eigenvalue weighted by Crippen LogP contribution is 2.17. The first-order valence-electron chi connectivity index (χ1n) is 8.65. The van der Waals surface area contributed by atoms with Crippen LogP contribution in [0.5, 0.6) is 0 Å². The minimum absolute atomic E-state index is 0.170. The van der Waals surface area contributed by atoms with Crippen molar-refractivity contribution in [2.24, 2.45) is 0 Å². The lowest BCUT2D eigenvalue weighted by Gasteiger charge is -2.13. The monoisotopic (exact) mass is 406 g/mol. The molecular weight excluding hydrogens is 383 g/mol. The number of carbonyl (C=O) groups is 1. The van der Waals surface area contributed by atoms with Crippen LogP contribution in [-0.4, -0.2) is 30.0 Å². The molecule has 0 saturated carbocycles. The molecule has 2 aromatic rings. The van der Waals surface area contributed by atoms with Crippen molar-refractivity contribution >= 4 is 40.7 Å². The molecule has 0 saturated heterocycles. The highest BCUT2D eigenvalue weighted by molar-refractivity contribution is 7.98. The summed E-state index contributed by atoms with van der Waals surface area (Å²) < 4.78 is 18.5. The predicted octanol–water partition coefficient (Wildman–Crippen LogP) is 4.53. The molecule has 0 fully saturated rings. The van der Waals surface area contributed by atoms with Gasteiger partial charge in [-0.25, -0.2) is 9.18 Å². The smallest absolute Gasteiger partial charge is 0.338 e. The first kappa shape index (κ1) is 21.2. The number of nitrogens with one attached hydrogen (secondary N) is 2. The van der Waals surface area contributed by atoms with Crippen LogP contribution < -0.4 is 10.6 Å². The lowest BCUT2D eigenvalue weighted by atomic mass is 10.1. The Balaban J connectivity index is 1.74. The minimum Gasteiger partial charge on any atom is -0.462 e. The number of hydrogen-bond acceptors (Lipinski definition) is 4. The Bertz CT molecular complexity index is 799. The molecule has 0 aliphatic rings. The van der Waals surface area contributed by atoms with Gasteiger partial charge in [-0.15, -0.1) is 0 Å². The van der Waals surface area contributed by atoms with Gasteiger partial charge in [0.1, 0.15) is 5.82 Å². The quantitative estimate of drug-likeness (QED) is 0.382. The fourth-order valence-corrected chi connectivity index (χ4v) is 3.40. The summed E-state index contributed by atoms with van der Waals surface area (Å²) in [5.74, 6) is 0.927. The van der Waals surface area contributed by atoms with E-state index in [1.807, 2.05) is 19.1 Å². The number of esters is 1. The average Bonchev–Trinajstić information content (AvgIpc) is 2.64. The lowest BCUT2D eigenvalue weighted by molar-refractivity contribution is 0.0526. The number of thioether (sulfide) groups is 1. The molecule has 0 bridgehead atoms. The topological polar surface area (TPSA) is 50.4 Å². The number of hydrogen-bond donors (Lipinski definition) is 2. The molecular formula is C20H23FN2O2S2. The first-order chi connectivity index (χ1) is 13.0. The van der Waals surface area contributed by atoms with E-state index in [-0.39, 0.29) is 11.8 Å². The van der Waals surface area contributed by atoms with Gasteiger partial charge in [-0.1, -0.05) is 18.2 Å². The molecule has 2 rings (SSSR count). The van der Waals surface area contributed by atoms with Crippen molar-refractivity contribution in [3.8, 4) is 0 Å². The van der Waals surface area contributed by atoms with Crippen molar-refractivity contribution in [3.05, 3.63) is 65.0 Å². The molecule has 7 heteroatoms. The fraction of sp³-hybridized carbons (Fsp3) is 0.300. The Morgan fingerprint density at radius 1 is 1.26 bits per heavy atom. The minimum atomic E-state index is -0.334. The van der Waals surface area contributed by atoms with Crippen molar-refractivity contribution < 1.29 is 13.9 Å². The van der Waals surface area contributed by atoms with Crippen LogP contribution in [-0.2, 0) is 10.5 Å². The van der Waals surface area contributed by atoms with Crippen LogP contribution in [0.15, 0.2) is 42.5 Å². The van der Waals surface area contributed by atoms with E-state index < -0.39 is 0 Å². The molecule has 0 aliphatic carbocycles. The zero-order valence-corrected chi connectivity index (χ0v) is 17.0. The van der Waals surface area contributed by atoms with Gasteiger partial charge in [0, 0.05) is 23.7 Å². The van der Waals surface area contributed by atoms with E-state index in [2.05, 4.69) is 10.6 Å². The predicted molar refractivity (Wildman–Crippen MR) is 114 cm³/mol. The fourth-order valence-electron chi connectivity index (χ4n) is 2.35. The molecule has 0 aromatic heterocycles. The highest BCUT2D eigenvalue weighted by atomic mass is 32.2. The summed E-state index contributed by atoms with van der Waals surface area (Å²) >= 11 is 6.94. The van der Waals surface area contributed by atoms with Crippen LogP contribution in [0, 0.1) is 12.7 Å². The number of benzene rings is 2. The van der Waals surface area contributed by atoms with Gasteiger partial charge >= 0.3 is 5.97 Å². The van der Waals surface area contributed by atoms with E-state index in [1.165, 1.54) is 6.07 Å². The van der Waals surface area contributed by atoms with Gasteiger partial charge in [0.25, 0.3) is 0 Å². The van der Waals surface area contributed by atoms with Crippen molar-refractivity contribution in [3.63, 3.8) is 0 Å². The molecule has 4 nitrogen and oxygen atoms in total. The summed E-state index contributed by atoms with van der Waals surface area (Å²) in [5, 5.41) is 6.76. The molecule has 0 heterocycles. The molecule has 0 aliphatic heterocycles. The second-order valence-corrected chi connectivity index (χ2v) is 7.29. The zero-order chi connectivity index (χ0) is 19.6. The van der Waals surface area contributed by atoms with Crippen molar-refractivity contribution in [2.45, 2.75) is 19.6 Å². The summed E-state index contributed by atoms with van der Waals surface area (Å²) in [4.78, 5) is 11.8. The molecule has 2 aromatic carbocycles. The maximum Gasteiger partial charge on any atom is 0.338 e. The summed E-state index contributed by atoms with van der Waals surface area (Å²) in [6.45, 7) is 4.70. The molecule has 144 valence electrons. The molecule has 2 N–H and O–H groups in total. The van der Waals surface area contributed by atoms with Gasteiger partial charge in [0.05, 0.1) is 12.2 Å². The van der Waals surface area contributed by atoms with Crippen LogP contribution >= 0.6 is 24.0 Å². The van der Waals surface area contributed by atoms with Crippen molar-refractivity contribution in [1.29, 1.82) is 0 Å². The van der Waals surface area contributed by atoms with Gasteiger partial charge < -0.3 is 15.4 Å². The van der Waals surface area contributed by atoms with E-state index >= 15 is 0 Å². The van der Waals surface area contributed by atoms with Gasteiger partial charge in [-0.3, -0.25) is 0 Å². The second-order valence-electron chi connectivity index (χ2n) is 5.78. The lowest BCUT2D eigenvalue weighted by Crippen LogP contribution is -2.30. The normalized spacial score (nSPS) is 10.3. The Morgan fingerprint density at radius 3 is 2.74 bits per heavy atom. The third-order valence-electron chi connectivity index (χ3n) is 3.73. The van der Waals surface area contributed by atoms with Crippen molar-refractivity contribution in [2.75, 3.05) is 24.2 Å². The van der Waals surface area contributed by atoms with Gasteiger partial charge in [0.2, 0.25) is 0 Å². The molecule has 0 radical (unpaired) electrons. The third-order valence-corrected chi connectivity index (χ3v) is 4.99. The highest BCUT2D eigenvalue weighted by Gasteiger charge is 2.09. The SMILES string of the molecule is CCOC(=O)c1ccc(NC(=S)NCCSCc2ccccc2F)c(C)c1.